The van der Waals surface area contributed by atoms with Gasteiger partial charge in [-0.15, -0.1) is 0 Å². The van der Waals surface area contributed by atoms with Gasteiger partial charge in [-0.2, -0.15) is 0 Å². The Morgan fingerprint density at radius 1 is 1.27 bits per heavy atom. The Hall–Kier alpha value is -0.370. The number of carbonyl (C=O) groups excluding carboxylic acids is 1. The van der Waals surface area contributed by atoms with Gasteiger partial charge in [-0.05, 0) is 24.8 Å². The van der Waals surface area contributed by atoms with E-state index in [4.69, 9.17) is 0 Å². The summed E-state index contributed by atoms with van der Waals surface area (Å²) in [4.78, 5) is 14.2. The van der Waals surface area contributed by atoms with Gasteiger partial charge in [0.25, 0.3) is 0 Å². The monoisotopic (exact) mass is 211 g/mol. The van der Waals surface area contributed by atoms with E-state index in [1.54, 1.807) is 0 Å². The van der Waals surface area contributed by atoms with Gasteiger partial charge in [0.15, 0.2) is 5.78 Å². The number of rotatable bonds is 2. The van der Waals surface area contributed by atoms with Crippen molar-refractivity contribution in [2.24, 2.45) is 17.3 Å². The zero-order chi connectivity index (χ0) is 11.6. The second kappa shape index (κ2) is 4.65. The first-order valence-corrected chi connectivity index (χ1v) is 6.06. The molecule has 1 aliphatic heterocycles. The molecule has 0 aromatic heterocycles. The summed E-state index contributed by atoms with van der Waals surface area (Å²) in [5, 5.41) is 0. The lowest BCUT2D eigenvalue weighted by atomic mass is 9.86. The van der Waals surface area contributed by atoms with Crippen LogP contribution in [0.25, 0.3) is 0 Å². The van der Waals surface area contributed by atoms with Crippen LogP contribution < -0.4 is 0 Å². The van der Waals surface area contributed by atoms with Gasteiger partial charge in [0.2, 0.25) is 0 Å². The molecule has 0 aromatic carbocycles. The number of carbonyl (C=O) groups is 1. The average molecular weight is 211 g/mol. The maximum Gasteiger partial charge on any atom is 0.152 e. The molecule has 1 fully saturated rings. The van der Waals surface area contributed by atoms with Crippen molar-refractivity contribution in [1.82, 2.24) is 4.90 Å². The lowest BCUT2D eigenvalue weighted by Crippen LogP contribution is -2.43. The SMILES string of the molecule is CC1CCN(CC(=O)C(C)(C)C)CC1C. The molecule has 0 amide bonds. The van der Waals surface area contributed by atoms with Gasteiger partial charge in [0.05, 0.1) is 6.54 Å². The van der Waals surface area contributed by atoms with E-state index in [1.807, 2.05) is 20.8 Å². The molecule has 0 aliphatic carbocycles. The third kappa shape index (κ3) is 3.60. The second-order valence-corrected chi connectivity index (χ2v) is 6.15. The molecule has 0 saturated carbocycles. The normalized spacial score (nSPS) is 29.1. The van der Waals surface area contributed by atoms with Crippen molar-refractivity contribution in [2.45, 2.75) is 41.0 Å². The predicted octanol–water partition coefficient (Wildman–Crippen LogP) is 2.58. The highest BCUT2D eigenvalue weighted by Gasteiger charge is 2.27. The van der Waals surface area contributed by atoms with Gasteiger partial charge in [-0.25, -0.2) is 0 Å². The molecule has 2 unspecified atom stereocenters. The van der Waals surface area contributed by atoms with Crippen LogP contribution in [0.1, 0.15) is 41.0 Å². The van der Waals surface area contributed by atoms with Crippen molar-refractivity contribution < 1.29 is 4.79 Å². The van der Waals surface area contributed by atoms with E-state index in [2.05, 4.69) is 18.7 Å². The van der Waals surface area contributed by atoms with Gasteiger partial charge in [0.1, 0.15) is 0 Å². The number of hydrogen-bond donors (Lipinski definition) is 0. The Kier molecular flexibility index (Phi) is 3.93. The minimum Gasteiger partial charge on any atom is -0.298 e. The number of hydrogen-bond acceptors (Lipinski definition) is 2. The van der Waals surface area contributed by atoms with Crippen LogP contribution >= 0.6 is 0 Å². The summed E-state index contributed by atoms with van der Waals surface area (Å²) in [6.07, 6.45) is 1.23. The smallest absolute Gasteiger partial charge is 0.152 e. The van der Waals surface area contributed by atoms with Crippen molar-refractivity contribution in [1.29, 1.82) is 0 Å². The highest BCUT2D eigenvalue weighted by Crippen LogP contribution is 2.23. The molecular formula is C13H25NO. The highest BCUT2D eigenvalue weighted by molar-refractivity contribution is 5.85. The number of ketones is 1. The summed E-state index contributed by atoms with van der Waals surface area (Å²) in [5.74, 6) is 1.90. The van der Waals surface area contributed by atoms with Gasteiger partial charge < -0.3 is 0 Å². The minimum atomic E-state index is -0.188. The lowest BCUT2D eigenvalue weighted by Gasteiger charge is -2.35. The molecular weight excluding hydrogens is 186 g/mol. The molecule has 2 atom stereocenters. The van der Waals surface area contributed by atoms with Crippen LogP contribution in [0.15, 0.2) is 0 Å². The van der Waals surface area contributed by atoms with Gasteiger partial charge in [-0.1, -0.05) is 34.6 Å². The standard InChI is InChI=1S/C13H25NO/c1-10-6-7-14(8-11(10)2)9-12(15)13(3,4)5/h10-11H,6-9H2,1-5H3. The summed E-state index contributed by atoms with van der Waals surface area (Å²) in [6, 6.07) is 0. The molecule has 88 valence electrons. The molecule has 1 aliphatic rings. The molecule has 2 heteroatoms. The third-order valence-electron chi connectivity index (χ3n) is 3.62. The van der Waals surface area contributed by atoms with E-state index < -0.39 is 0 Å². The molecule has 1 rings (SSSR count). The summed E-state index contributed by atoms with van der Waals surface area (Å²) >= 11 is 0. The van der Waals surface area contributed by atoms with E-state index >= 15 is 0 Å². The van der Waals surface area contributed by atoms with E-state index in [1.165, 1.54) is 6.42 Å². The minimum absolute atomic E-state index is 0.188. The Bertz CT molecular complexity index is 229. The molecule has 1 heterocycles. The fourth-order valence-electron chi connectivity index (χ4n) is 1.93. The van der Waals surface area contributed by atoms with Crippen molar-refractivity contribution in [3.8, 4) is 0 Å². The van der Waals surface area contributed by atoms with Gasteiger partial charge in [-0.3, -0.25) is 9.69 Å². The first-order valence-electron chi connectivity index (χ1n) is 6.06. The first-order chi connectivity index (χ1) is 6.80. The molecule has 0 bridgehead atoms. The van der Waals surface area contributed by atoms with E-state index in [9.17, 15) is 4.79 Å². The number of likely N-dealkylation sites (tertiary alicyclic amines) is 1. The van der Waals surface area contributed by atoms with Crippen LogP contribution in [0.5, 0.6) is 0 Å². The van der Waals surface area contributed by atoms with E-state index in [0.29, 0.717) is 12.3 Å². The molecule has 2 nitrogen and oxygen atoms in total. The van der Waals surface area contributed by atoms with Gasteiger partial charge in [0, 0.05) is 12.0 Å². The van der Waals surface area contributed by atoms with Crippen molar-refractivity contribution in [3.63, 3.8) is 0 Å². The molecule has 15 heavy (non-hydrogen) atoms. The molecule has 1 saturated heterocycles. The Morgan fingerprint density at radius 3 is 2.33 bits per heavy atom. The number of piperidine rings is 1. The van der Waals surface area contributed by atoms with Gasteiger partial charge >= 0.3 is 0 Å². The average Bonchev–Trinajstić information content (AvgIpc) is 2.10. The lowest BCUT2D eigenvalue weighted by molar-refractivity contribution is -0.128. The molecule has 0 spiro atoms. The van der Waals surface area contributed by atoms with E-state index in [0.717, 1.165) is 24.9 Å². The highest BCUT2D eigenvalue weighted by atomic mass is 16.1. The zero-order valence-electron chi connectivity index (χ0n) is 10.8. The van der Waals surface area contributed by atoms with Crippen molar-refractivity contribution in [2.75, 3.05) is 19.6 Å². The molecule has 0 aromatic rings. The summed E-state index contributed by atoms with van der Waals surface area (Å²) in [5.41, 5.74) is -0.188. The zero-order valence-corrected chi connectivity index (χ0v) is 10.8. The van der Waals surface area contributed by atoms with Crippen molar-refractivity contribution in [3.05, 3.63) is 0 Å². The molecule has 0 radical (unpaired) electrons. The topological polar surface area (TPSA) is 20.3 Å². The maximum atomic E-state index is 11.9. The largest absolute Gasteiger partial charge is 0.298 e. The van der Waals surface area contributed by atoms with E-state index in [-0.39, 0.29) is 5.41 Å². The summed E-state index contributed by atoms with van der Waals surface area (Å²) in [7, 11) is 0. The van der Waals surface area contributed by atoms with Crippen LogP contribution in [-0.4, -0.2) is 30.3 Å². The van der Waals surface area contributed by atoms with Crippen LogP contribution in [0.4, 0.5) is 0 Å². The summed E-state index contributed by atoms with van der Waals surface area (Å²) < 4.78 is 0. The fourth-order valence-corrected chi connectivity index (χ4v) is 1.93. The quantitative estimate of drug-likeness (QED) is 0.699. The Morgan fingerprint density at radius 2 is 1.87 bits per heavy atom. The Labute approximate surface area is 94.0 Å². The third-order valence-corrected chi connectivity index (χ3v) is 3.62. The first kappa shape index (κ1) is 12.7. The summed E-state index contributed by atoms with van der Waals surface area (Å²) in [6.45, 7) is 13.4. The van der Waals surface area contributed by atoms with Crippen LogP contribution in [0.2, 0.25) is 0 Å². The maximum absolute atomic E-state index is 11.9. The fraction of sp³-hybridized carbons (Fsp3) is 0.923. The predicted molar refractivity (Wildman–Crippen MR) is 63.8 cm³/mol. The van der Waals surface area contributed by atoms with Crippen LogP contribution in [0.3, 0.4) is 0 Å². The number of Topliss-reactive ketones (excluding diaryl/α,β-unsaturated/α-hetero) is 1. The Balaban J connectivity index is 2.44. The van der Waals surface area contributed by atoms with Crippen LogP contribution in [0, 0.1) is 17.3 Å². The molecule has 0 N–H and O–H groups in total. The van der Waals surface area contributed by atoms with Crippen LogP contribution in [-0.2, 0) is 4.79 Å². The second-order valence-electron chi connectivity index (χ2n) is 6.15. The number of nitrogens with zero attached hydrogens (tertiary/aromatic N) is 1. The van der Waals surface area contributed by atoms with Crippen molar-refractivity contribution >= 4 is 5.78 Å².